The van der Waals surface area contributed by atoms with E-state index in [-0.39, 0.29) is 11.9 Å². The zero-order chi connectivity index (χ0) is 11.1. The van der Waals surface area contributed by atoms with E-state index in [0.29, 0.717) is 6.54 Å². The number of hydrogen-bond donors (Lipinski definition) is 3. The van der Waals surface area contributed by atoms with Gasteiger partial charge in [-0.1, -0.05) is 0 Å². The molecule has 0 aliphatic carbocycles. The van der Waals surface area contributed by atoms with E-state index in [1.807, 2.05) is 0 Å². The fourth-order valence-corrected chi connectivity index (χ4v) is 1.26. The van der Waals surface area contributed by atoms with Gasteiger partial charge in [0.15, 0.2) is 0 Å². The number of aliphatic hydroxyl groups is 1. The van der Waals surface area contributed by atoms with Gasteiger partial charge in [0.2, 0.25) is 0 Å². The van der Waals surface area contributed by atoms with E-state index in [2.05, 4.69) is 10.3 Å². The Morgan fingerprint density at radius 1 is 1.47 bits per heavy atom. The first-order chi connectivity index (χ1) is 7.18. The molecule has 15 heavy (non-hydrogen) atoms. The molecule has 0 saturated carbocycles. The smallest absolute Gasteiger partial charge is 0.133 e. The topological polar surface area (TPSA) is 65.4 Å². The minimum atomic E-state index is -0.224. The molecule has 0 aromatic carbocycles. The van der Waals surface area contributed by atoms with Gasteiger partial charge in [-0.3, -0.25) is 4.98 Å². The molecule has 0 radical (unpaired) electrons. The van der Waals surface area contributed by atoms with Crippen molar-refractivity contribution in [2.24, 2.45) is 0 Å². The van der Waals surface area contributed by atoms with Crippen molar-refractivity contribution in [3.05, 3.63) is 24.0 Å². The summed E-state index contributed by atoms with van der Waals surface area (Å²) in [4.78, 5) is 4.05. The highest BCUT2D eigenvalue weighted by Gasteiger charge is 1.96. The van der Waals surface area contributed by atoms with Crippen LogP contribution in [0.15, 0.2) is 18.3 Å². The summed E-state index contributed by atoms with van der Waals surface area (Å²) < 4.78 is 0. The number of aromatic nitrogens is 1. The highest BCUT2D eigenvalue weighted by atomic mass is 16.3. The zero-order valence-corrected chi connectivity index (χ0v) is 8.98. The Kier molecular flexibility index (Phi) is 5.07. The summed E-state index contributed by atoms with van der Waals surface area (Å²) in [5, 5.41) is 21.3. The van der Waals surface area contributed by atoms with Gasteiger partial charge in [-0.25, -0.2) is 0 Å². The van der Waals surface area contributed by atoms with Crippen LogP contribution in [-0.2, 0) is 6.54 Å². The van der Waals surface area contributed by atoms with Gasteiger partial charge in [-0.2, -0.15) is 0 Å². The molecule has 1 aromatic rings. The van der Waals surface area contributed by atoms with Gasteiger partial charge in [0.05, 0.1) is 18.0 Å². The molecule has 0 bridgehead atoms. The van der Waals surface area contributed by atoms with Crippen molar-refractivity contribution in [3.8, 4) is 5.75 Å². The van der Waals surface area contributed by atoms with Gasteiger partial charge in [-0.15, -0.1) is 0 Å². The molecule has 84 valence electrons. The number of nitrogens with zero attached hydrogens (tertiary/aromatic N) is 1. The van der Waals surface area contributed by atoms with E-state index < -0.39 is 0 Å². The number of pyridine rings is 1. The fraction of sp³-hybridized carbons (Fsp3) is 0.545. The molecule has 0 amide bonds. The molecule has 0 saturated heterocycles. The van der Waals surface area contributed by atoms with Gasteiger partial charge < -0.3 is 15.5 Å². The maximum absolute atomic E-state index is 9.03. The largest absolute Gasteiger partial charge is 0.506 e. The Morgan fingerprint density at radius 2 is 2.27 bits per heavy atom. The SMILES string of the molecule is CC(O)CCCNCc1ccc(O)cn1. The summed E-state index contributed by atoms with van der Waals surface area (Å²) in [5.41, 5.74) is 0.907. The predicted molar refractivity (Wildman–Crippen MR) is 58.5 cm³/mol. The third-order valence-electron chi connectivity index (χ3n) is 2.09. The van der Waals surface area contributed by atoms with E-state index in [0.717, 1.165) is 25.1 Å². The fourth-order valence-electron chi connectivity index (χ4n) is 1.26. The summed E-state index contributed by atoms with van der Waals surface area (Å²) in [6.45, 7) is 3.36. The van der Waals surface area contributed by atoms with Crippen LogP contribution in [0.25, 0.3) is 0 Å². The van der Waals surface area contributed by atoms with Crippen LogP contribution >= 0.6 is 0 Å². The molecule has 0 spiro atoms. The molecule has 1 atom stereocenters. The summed E-state index contributed by atoms with van der Waals surface area (Å²) >= 11 is 0. The average molecular weight is 210 g/mol. The molecule has 1 aromatic heterocycles. The van der Waals surface area contributed by atoms with E-state index in [1.54, 1.807) is 19.1 Å². The normalized spacial score (nSPS) is 12.7. The van der Waals surface area contributed by atoms with Crippen molar-refractivity contribution in [2.75, 3.05) is 6.54 Å². The highest BCUT2D eigenvalue weighted by molar-refractivity contribution is 5.17. The second kappa shape index (κ2) is 6.37. The lowest BCUT2D eigenvalue weighted by molar-refractivity contribution is 0.181. The standard InChI is InChI=1S/C11H18N2O2/c1-9(14)3-2-6-12-7-10-4-5-11(15)8-13-10/h4-5,8-9,12,14-15H,2-3,6-7H2,1H3. The van der Waals surface area contributed by atoms with Crippen LogP contribution in [0.1, 0.15) is 25.5 Å². The maximum atomic E-state index is 9.03. The lowest BCUT2D eigenvalue weighted by atomic mass is 10.2. The number of aromatic hydroxyl groups is 1. The minimum Gasteiger partial charge on any atom is -0.506 e. The molecule has 0 aliphatic rings. The second-order valence-electron chi connectivity index (χ2n) is 3.68. The lowest BCUT2D eigenvalue weighted by Gasteiger charge is -2.05. The van der Waals surface area contributed by atoms with Gasteiger partial charge >= 0.3 is 0 Å². The van der Waals surface area contributed by atoms with Crippen LogP contribution in [0.2, 0.25) is 0 Å². The Bertz CT molecular complexity index is 272. The van der Waals surface area contributed by atoms with E-state index in [1.165, 1.54) is 6.20 Å². The van der Waals surface area contributed by atoms with Crippen molar-refractivity contribution in [3.63, 3.8) is 0 Å². The summed E-state index contributed by atoms with van der Waals surface area (Å²) in [7, 11) is 0. The Hall–Kier alpha value is -1.13. The second-order valence-corrected chi connectivity index (χ2v) is 3.68. The Morgan fingerprint density at radius 3 is 2.87 bits per heavy atom. The van der Waals surface area contributed by atoms with Crippen LogP contribution in [0.3, 0.4) is 0 Å². The molecular formula is C11H18N2O2. The maximum Gasteiger partial charge on any atom is 0.133 e. The molecule has 4 heteroatoms. The number of nitrogens with one attached hydrogen (secondary N) is 1. The van der Waals surface area contributed by atoms with Crippen molar-refractivity contribution in [1.82, 2.24) is 10.3 Å². The minimum absolute atomic E-state index is 0.188. The first-order valence-corrected chi connectivity index (χ1v) is 5.21. The van der Waals surface area contributed by atoms with Crippen molar-refractivity contribution >= 4 is 0 Å². The van der Waals surface area contributed by atoms with Gasteiger partial charge in [-0.05, 0) is 38.4 Å². The first kappa shape index (κ1) is 11.9. The Labute approximate surface area is 90.0 Å². The van der Waals surface area contributed by atoms with Crippen LogP contribution in [0.4, 0.5) is 0 Å². The van der Waals surface area contributed by atoms with Gasteiger partial charge in [0.25, 0.3) is 0 Å². The summed E-state index contributed by atoms with van der Waals surface area (Å²) in [6.07, 6.45) is 2.98. The van der Waals surface area contributed by atoms with Crippen LogP contribution in [0, 0.1) is 0 Å². The van der Waals surface area contributed by atoms with Gasteiger partial charge in [0.1, 0.15) is 5.75 Å². The third kappa shape index (κ3) is 5.34. The molecule has 1 rings (SSSR count). The van der Waals surface area contributed by atoms with E-state index >= 15 is 0 Å². The van der Waals surface area contributed by atoms with Crippen LogP contribution in [-0.4, -0.2) is 27.8 Å². The first-order valence-electron chi connectivity index (χ1n) is 5.21. The third-order valence-corrected chi connectivity index (χ3v) is 2.09. The highest BCUT2D eigenvalue weighted by Crippen LogP contribution is 2.05. The lowest BCUT2D eigenvalue weighted by Crippen LogP contribution is -2.16. The average Bonchev–Trinajstić information content (AvgIpc) is 2.20. The summed E-state index contributed by atoms with van der Waals surface area (Å²) in [6, 6.07) is 3.41. The predicted octanol–water partition coefficient (Wildman–Crippen LogP) is 1.04. The molecule has 1 heterocycles. The van der Waals surface area contributed by atoms with E-state index in [9.17, 15) is 0 Å². The quantitative estimate of drug-likeness (QED) is 0.614. The number of rotatable bonds is 6. The molecule has 1 unspecified atom stereocenters. The number of hydrogen-bond acceptors (Lipinski definition) is 4. The number of aliphatic hydroxyl groups excluding tert-OH is 1. The monoisotopic (exact) mass is 210 g/mol. The molecular weight excluding hydrogens is 192 g/mol. The summed E-state index contributed by atoms with van der Waals surface area (Å²) in [5.74, 6) is 0.188. The van der Waals surface area contributed by atoms with Crippen LogP contribution < -0.4 is 5.32 Å². The Balaban J connectivity index is 2.12. The molecule has 0 fully saturated rings. The van der Waals surface area contributed by atoms with E-state index in [4.69, 9.17) is 10.2 Å². The zero-order valence-electron chi connectivity index (χ0n) is 8.98. The molecule has 0 aliphatic heterocycles. The van der Waals surface area contributed by atoms with Gasteiger partial charge in [0, 0.05) is 6.54 Å². The van der Waals surface area contributed by atoms with Crippen molar-refractivity contribution < 1.29 is 10.2 Å². The molecule has 3 N–H and O–H groups in total. The van der Waals surface area contributed by atoms with Crippen molar-refractivity contribution in [1.29, 1.82) is 0 Å². The van der Waals surface area contributed by atoms with Crippen molar-refractivity contribution in [2.45, 2.75) is 32.4 Å². The van der Waals surface area contributed by atoms with Crippen LogP contribution in [0.5, 0.6) is 5.75 Å². The molecule has 4 nitrogen and oxygen atoms in total.